The lowest BCUT2D eigenvalue weighted by molar-refractivity contribution is 0.651. The fourth-order valence-electron chi connectivity index (χ4n) is 0.739. The van der Waals surface area contributed by atoms with E-state index in [2.05, 4.69) is 4.98 Å². The second-order valence-electron chi connectivity index (χ2n) is 2.03. The SMILES string of the molecule is NCCCn1ccnc1Cl. The lowest BCUT2D eigenvalue weighted by atomic mass is 10.4. The molecule has 0 aliphatic heterocycles. The van der Waals surface area contributed by atoms with Gasteiger partial charge in [0.2, 0.25) is 5.28 Å². The number of nitrogens with zero attached hydrogens (tertiary/aromatic N) is 2. The zero-order chi connectivity index (χ0) is 7.40. The Hall–Kier alpha value is -0.540. The van der Waals surface area contributed by atoms with Crippen LogP contribution in [0.1, 0.15) is 6.42 Å². The highest BCUT2D eigenvalue weighted by Gasteiger charge is 1.95. The third kappa shape index (κ3) is 1.72. The van der Waals surface area contributed by atoms with Crippen LogP contribution in [-0.4, -0.2) is 16.1 Å². The lowest BCUT2D eigenvalue weighted by Crippen LogP contribution is -2.04. The van der Waals surface area contributed by atoms with Gasteiger partial charge in [-0.2, -0.15) is 0 Å². The summed E-state index contributed by atoms with van der Waals surface area (Å²) in [6.45, 7) is 1.55. The quantitative estimate of drug-likeness (QED) is 0.712. The summed E-state index contributed by atoms with van der Waals surface area (Å²) in [7, 11) is 0. The van der Waals surface area contributed by atoms with Crippen LogP contribution in [0.25, 0.3) is 0 Å². The summed E-state index contributed by atoms with van der Waals surface area (Å²) < 4.78 is 1.87. The van der Waals surface area contributed by atoms with Crippen molar-refractivity contribution in [3.8, 4) is 0 Å². The van der Waals surface area contributed by atoms with E-state index in [0.29, 0.717) is 11.8 Å². The van der Waals surface area contributed by atoms with Crippen molar-refractivity contribution in [3.63, 3.8) is 0 Å². The highest BCUT2D eigenvalue weighted by molar-refractivity contribution is 6.28. The fourth-order valence-corrected chi connectivity index (χ4v) is 0.937. The molecule has 0 spiro atoms. The largest absolute Gasteiger partial charge is 0.330 e. The van der Waals surface area contributed by atoms with Crippen molar-refractivity contribution >= 4 is 11.6 Å². The Morgan fingerprint density at radius 1 is 1.70 bits per heavy atom. The van der Waals surface area contributed by atoms with Crippen molar-refractivity contribution in [1.29, 1.82) is 0 Å². The highest BCUT2D eigenvalue weighted by atomic mass is 35.5. The lowest BCUT2D eigenvalue weighted by Gasteiger charge is -1.99. The number of aromatic nitrogens is 2. The molecule has 0 aliphatic rings. The van der Waals surface area contributed by atoms with Crippen LogP contribution < -0.4 is 5.73 Å². The van der Waals surface area contributed by atoms with Crippen LogP contribution in [0.5, 0.6) is 0 Å². The minimum atomic E-state index is 0.536. The van der Waals surface area contributed by atoms with Gasteiger partial charge in [-0.05, 0) is 24.6 Å². The van der Waals surface area contributed by atoms with E-state index in [1.54, 1.807) is 6.20 Å². The first-order chi connectivity index (χ1) is 4.84. The third-order valence-electron chi connectivity index (χ3n) is 1.27. The van der Waals surface area contributed by atoms with Gasteiger partial charge >= 0.3 is 0 Å². The standard InChI is InChI=1S/C6H10ClN3/c7-6-9-3-5-10(6)4-1-2-8/h3,5H,1-2,4,8H2. The Labute approximate surface area is 64.8 Å². The highest BCUT2D eigenvalue weighted by Crippen LogP contribution is 2.04. The Balaban J connectivity index is 2.49. The molecule has 0 aromatic carbocycles. The fraction of sp³-hybridized carbons (Fsp3) is 0.500. The molecule has 1 rings (SSSR count). The molecule has 0 saturated heterocycles. The van der Waals surface area contributed by atoms with Gasteiger partial charge in [-0.25, -0.2) is 4.98 Å². The first kappa shape index (κ1) is 7.57. The summed E-state index contributed by atoms with van der Waals surface area (Å²) in [5, 5.41) is 0.536. The molecule has 0 aliphatic carbocycles. The second-order valence-corrected chi connectivity index (χ2v) is 2.37. The Morgan fingerprint density at radius 3 is 3.00 bits per heavy atom. The Morgan fingerprint density at radius 2 is 2.50 bits per heavy atom. The van der Waals surface area contributed by atoms with E-state index in [1.165, 1.54) is 0 Å². The Kier molecular flexibility index (Phi) is 2.71. The van der Waals surface area contributed by atoms with Crippen LogP contribution in [0.3, 0.4) is 0 Å². The number of nitrogens with two attached hydrogens (primary N) is 1. The zero-order valence-electron chi connectivity index (χ0n) is 5.63. The number of halogens is 1. The van der Waals surface area contributed by atoms with Crippen LogP contribution in [0, 0.1) is 0 Å². The molecule has 0 fully saturated rings. The molecule has 0 atom stereocenters. The normalized spacial score (nSPS) is 10.2. The van der Waals surface area contributed by atoms with Crippen molar-refractivity contribution in [3.05, 3.63) is 17.7 Å². The maximum Gasteiger partial charge on any atom is 0.202 e. The Bertz CT molecular complexity index is 197. The molecule has 2 N–H and O–H groups in total. The maximum absolute atomic E-state index is 5.69. The van der Waals surface area contributed by atoms with Gasteiger partial charge in [0.25, 0.3) is 0 Å². The van der Waals surface area contributed by atoms with Crippen LogP contribution in [-0.2, 0) is 6.54 Å². The first-order valence-electron chi connectivity index (χ1n) is 3.21. The van der Waals surface area contributed by atoms with E-state index in [9.17, 15) is 0 Å². The van der Waals surface area contributed by atoms with Crippen LogP contribution in [0.2, 0.25) is 5.28 Å². The van der Waals surface area contributed by atoms with Crippen molar-refractivity contribution in [2.45, 2.75) is 13.0 Å². The van der Waals surface area contributed by atoms with Crippen LogP contribution in [0.15, 0.2) is 12.4 Å². The minimum absolute atomic E-state index is 0.536. The molecular formula is C6H10ClN3. The minimum Gasteiger partial charge on any atom is -0.330 e. The molecule has 3 nitrogen and oxygen atoms in total. The summed E-state index contributed by atoms with van der Waals surface area (Å²) in [4.78, 5) is 3.86. The van der Waals surface area contributed by atoms with Crippen molar-refractivity contribution < 1.29 is 0 Å². The van der Waals surface area contributed by atoms with Gasteiger partial charge in [0, 0.05) is 18.9 Å². The summed E-state index contributed by atoms with van der Waals surface area (Å²) >= 11 is 5.69. The van der Waals surface area contributed by atoms with E-state index >= 15 is 0 Å². The van der Waals surface area contributed by atoms with E-state index in [1.807, 2.05) is 10.8 Å². The van der Waals surface area contributed by atoms with Crippen molar-refractivity contribution in [2.75, 3.05) is 6.54 Å². The summed E-state index contributed by atoms with van der Waals surface area (Å²) in [5.74, 6) is 0. The predicted octanol–water partition coefficient (Wildman–Crippen LogP) is 0.885. The van der Waals surface area contributed by atoms with E-state index in [4.69, 9.17) is 17.3 Å². The number of imidazole rings is 1. The first-order valence-corrected chi connectivity index (χ1v) is 3.59. The molecule has 56 valence electrons. The molecule has 1 aromatic rings. The maximum atomic E-state index is 5.69. The topological polar surface area (TPSA) is 43.8 Å². The second kappa shape index (κ2) is 3.58. The number of hydrogen-bond acceptors (Lipinski definition) is 2. The van der Waals surface area contributed by atoms with Crippen molar-refractivity contribution in [1.82, 2.24) is 9.55 Å². The van der Waals surface area contributed by atoms with Gasteiger partial charge in [-0.15, -0.1) is 0 Å². The van der Waals surface area contributed by atoms with Gasteiger partial charge in [0.05, 0.1) is 0 Å². The van der Waals surface area contributed by atoms with Crippen LogP contribution in [0.4, 0.5) is 0 Å². The van der Waals surface area contributed by atoms with Crippen molar-refractivity contribution in [2.24, 2.45) is 5.73 Å². The van der Waals surface area contributed by atoms with E-state index < -0.39 is 0 Å². The number of rotatable bonds is 3. The predicted molar refractivity (Wildman–Crippen MR) is 40.9 cm³/mol. The zero-order valence-corrected chi connectivity index (χ0v) is 6.38. The number of hydrogen-bond donors (Lipinski definition) is 1. The summed E-state index contributed by atoms with van der Waals surface area (Å²) in [5.41, 5.74) is 5.32. The van der Waals surface area contributed by atoms with E-state index in [0.717, 1.165) is 13.0 Å². The number of aryl methyl sites for hydroxylation is 1. The third-order valence-corrected chi connectivity index (χ3v) is 1.58. The molecule has 4 heteroatoms. The summed E-state index contributed by atoms with van der Waals surface area (Å²) in [6, 6.07) is 0. The molecule has 1 heterocycles. The smallest absolute Gasteiger partial charge is 0.202 e. The molecular weight excluding hydrogens is 150 g/mol. The molecule has 10 heavy (non-hydrogen) atoms. The van der Waals surface area contributed by atoms with Gasteiger partial charge < -0.3 is 10.3 Å². The molecule has 0 saturated carbocycles. The molecule has 1 aromatic heterocycles. The summed E-state index contributed by atoms with van der Waals surface area (Å²) in [6.07, 6.45) is 4.47. The van der Waals surface area contributed by atoms with E-state index in [-0.39, 0.29) is 0 Å². The molecule has 0 amide bonds. The van der Waals surface area contributed by atoms with Gasteiger partial charge in [-0.1, -0.05) is 0 Å². The van der Waals surface area contributed by atoms with Crippen LogP contribution >= 0.6 is 11.6 Å². The molecule has 0 bridgehead atoms. The van der Waals surface area contributed by atoms with Gasteiger partial charge in [0.1, 0.15) is 0 Å². The molecule has 0 radical (unpaired) electrons. The average Bonchev–Trinajstić information content (AvgIpc) is 2.31. The van der Waals surface area contributed by atoms with Gasteiger partial charge in [-0.3, -0.25) is 0 Å². The molecule has 0 unspecified atom stereocenters. The average molecular weight is 160 g/mol. The monoisotopic (exact) mass is 159 g/mol. The van der Waals surface area contributed by atoms with Gasteiger partial charge in [0.15, 0.2) is 0 Å².